The van der Waals surface area contributed by atoms with Crippen LogP contribution in [0.1, 0.15) is 13.3 Å². The summed E-state index contributed by atoms with van der Waals surface area (Å²) in [5, 5.41) is 95.1. The van der Waals surface area contributed by atoms with E-state index in [0.29, 0.717) is 0 Å². The molecule has 0 spiro atoms. The standard InChI is InChI=1S/C25H46N4O16/c1-6(33)29-13-18(38)16(36)10(4-31)41-24(13)44-21-11(5-32)42-25(19(21)39)45-22-14(34)7(26)2-8(27)20(22)43-23-12(28)17(37)15(35)9(3-30)40-23/h7-25,30-32,34-39H,2-5,26-28H2,1H3,(H,29,33)/t7-,8+,9-,10-,11-,12-,13-,14+,15-,16-,17-,18-,19-,20-,21-,22-,23-,24-,25+/m1/s1. The van der Waals surface area contributed by atoms with E-state index in [-0.39, 0.29) is 6.42 Å². The summed E-state index contributed by atoms with van der Waals surface area (Å²) in [6.45, 7) is -0.991. The van der Waals surface area contributed by atoms with Gasteiger partial charge in [0.25, 0.3) is 0 Å². The number of amides is 1. The van der Waals surface area contributed by atoms with Crippen LogP contribution in [0.2, 0.25) is 0 Å². The van der Waals surface area contributed by atoms with Crippen molar-refractivity contribution in [1.82, 2.24) is 5.32 Å². The fourth-order valence-electron chi connectivity index (χ4n) is 6.02. The Morgan fingerprint density at radius 3 is 1.73 bits per heavy atom. The molecule has 0 bridgehead atoms. The third kappa shape index (κ3) is 7.58. The summed E-state index contributed by atoms with van der Waals surface area (Å²) < 4.78 is 34.5. The molecule has 0 aromatic rings. The van der Waals surface area contributed by atoms with Gasteiger partial charge in [0, 0.05) is 19.0 Å². The van der Waals surface area contributed by atoms with Crippen molar-refractivity contribution in [2.45, 2.75) is 130 Å². The predicted molar refractivity (Wildman–Crippen MR) is 144 cm³/mol. The molecular formula is C25H46N4O16. The fraction of sp³-hybridized carbons (Fsp3) is 0.960. The van der Waals surface area contributed by atoms with Gasteiger partial charge in [-0.05, 0) is 6.42 Å². The van der Waals surface area contributed by atoms with Gasteiger partial charge in [0.1, 0.15) is 73.2 Å². The van der Waals surface area contributed by atoms with Crippen molar-refractivity contribution in [1.29, 1.82) is 0 Å². The van der Waals surface area contributed by atoms with Gasteiger partial charge in [-0.25, -0.2) is 0 Å². The number of hydrogen-bond acceptors (Lipinski definition) is 19. The van der Waals surface area contributed by atoms with Crippen LogP contribution < -0.4 is 22.5 Å². The van der Waals surface area contributed by atoms with Crippen LogP contribution in [-0.4, -0.2) is 188 Å². The Balaban J connectivity index is 1.52. The quantitative estimate of drug-likeness (QED) is 0.104. The van der Waals surface area contributed by atoms with E-state index in [9.17, 15) is 50.8 Å². The van der Waals surface area contributed by atoms with Crippen molar-refractivity contribution in [2.75, 3.05) is 19.8 Å². The van der Waals surface area contributed by atoms with Crippen LogP contribution in [0.4, 0.5) is 0 Å². The van der Waals surface area contributed by atoms with Gasteiger partial charge in [-0.2, -0.15) is 0 Å². The monoisotopic (exact) mass is 658 g/mol. The van der Waals surface area contributed by atoms with E-state index < -0.39 is 142 Å². The predicted octanol–water partition coefficient (Wildman–Crippen LogP) is -8.65. The van der Waals surface area contributed by atoms with Crippen molar-refractivity contribution in [2.24, 2.45) is 17.2 Å². The van der Waals surface area contributed by atoms with Gasteiger partial charge in [-0.15, -0.1) is 0 Å². The Bertz CT molecular complexity index is 972. The van der Waals surface area contributed by atoms with Crippen molar-refractivity contribution in [3.63, 3.8) is 0 Å². The average Bonchev–Trinajstić information content (AvgIpc) is 3.30. The van der Waals surface area contributed by atoms with Gasteiger partial charge >= 0.3 is 0 Å². The van der Waals surface area contributed by atoms with Crippen LogP contribution in [-0.2, 0) is 33.2 Å². The van der Waals surface area contributed by atoms with Gasteiger partial charge in [0.05, 0.1) is 32.0 Å². The second kappa shape index (κ2) is 15.3. The highest BCUT2D eigenvalue weighted by Crippen LogP contribution is 2.34. The van der Waals surface area contributed by atoms with Crippen molar-refractivity contribution < 1.29 is 79.2 Å². The molecule has 0 aromatic heterocycles. The molecule has 20 heteroatoms. The van der Waals surface area contributed by atoms with E-state index in [4.69, 9.17) is 45.6 Å². The molecule has 4 fully saturated rings. The lowest BCUT2D eigenvalue weighted by molar-refractivity contribution is -0.310. The Kier molecular flexibility index (Phi) is 12.5. The van der Waals surface area contributed by atoms with E-state index in [1.54, 1.807) is 0 Å². The maximum Gasteiger partial charge on any atom is 0.217 e. The van der Waals surface area contributed by atoms with Gasteiger partial charge in [-0.3, -0.25) is 4.79 Å². The molecule has 3 aliphatic heterocycles. The number of rotatable bonds is 10. The lowest BCUT2D eigenvalue weighted by atomic mass is 9.84. The van der Waals surface area contributed by atoms with Gasteiger partial charge < -0.3 is 96.9 Å². The van der Waals surface area contributed by atoms with Crippen LogP contribution in [0.15, 0.2) is 0 Å². The number of nitrogens with two attached hydrogens (primary N) is 3. The summed E-state index contributed by atoms with van der Waals surface area (Å²) in [6.07, 6.45) is -22.1. The maximum absolute atomic E-state index is 11.8. The molecule has 1 amide bonds. The molecule has 0 radical (unpaired) electrons. The number of nitrogens with one attached hydrogen (secondary N) is 1. The Hall–Kier alpha value is -1.25. The molecule has 262 valence electrons. The van der Waals surface area contributed by atoms with E-state index in [1.165, 1.54) is 0 Å². The lowest BCUT2D eigenvalue weighted by Gasteiger charge is -2.47. The summed E-state index contributed by atoms with van der Waals surface area (Å²) in [4.78, 5) is 11.8. The molecule has 3 saturated heterocycles. The highest BCUT2D eigenvalue weighted by molar-refractivity contribution is 5.73. The SMILES string of the molecule is CC(=O)N[C@H]1[C@@H](O[C@H]2[C@@H](O)[C@H](O[C@@H]3[C@@H](O)[C@H](N)C[C@H](N)[C@H]3O[C@H]3O[C@H](CO)[C@@H](O)[C@H](O)[C@H]3N)O[C@@H]2CO)O[C@H](CO)[C@@H](O)[C@@H]1O. The molecule has 19 atom stereocenters. The molecule has 1 aliphatic carbocycles. The number of carbonyl (C=O) groups is 1. The second-order valence-electron chi connectivity index (χ2n) is 11.8. The molecule has 0 aromatic carbocycles. The number of carbonyl (C=O) groups excluding carboxylic acids is 1. The minimum atomic E-state index is -1.72. The Morgan fingerprint density at radius 2 is 1.16 bits per heavy atom. The van der Waals surface area contributed by atoms with E-state index in [0.717, 1.165) is 6.92 Å². The summed E-state index contributed by atoms with van der Waals surface area (Å²) in [6, 6.07) is -4.52. The topological polar surface area (TPSA) is 345 Å². The zero-order chi connectivity index (χ0) is 33.3. The van der Waals surface area contributed by atoms with Crippen LogP contribution in [0, 0.1) is 0 Å². The third-order valence-electron chi connectivity index (χ3n) is 8.59. The highest BCUT2D eigenvalue weighted by atomic mass is 16.8. The summed E-state index contributed by atoms with van der Waals surface area (Å²) in [5.41, 5.74) is 18.4. The highest BCUT2D eigenvalue weighted by Gasteiger charge is 2.54. The minimum absolute atomic E-state index is 0.0328. The molecule has 45 heavy (non-hydrogen) atoms. The summed E-state index contributed by atoms with van der Waals surface area (Å²) in [7, 11) is 0. The third-order valence-corrected chi connectivity index (χ3v) is 8.59. The summed E-state index contributed by atoms with van der Waals surface area (Å²) in [5.74, 6) is -0.618. The Morgan fingerprint density at radius 1 is 0.644 bits per heavy atom. The van der Waals surface area contributed by atoms with Gasteiger partial charge in [0.15, 0.2) is 18.9 Å². The number of hydrogen-bond donors (Lipinski definition) is 13. The van der Waals surface area contributed by atoms with Crippen LogP contribution in [0.5, 0.6) is 0 Å². The Labute approximate surface area is 257 Å². The van der Waals surface area contributed by atoms with E-state index in [2.05, 4.69) is 5.32 Å². The maximum atomic E-state index is 11.8. The normalized spacial score (nSPS) is 50.8. The first-order valence-corrected chi connectivity index (χ1v) is 14.6. The molecule has 1 saturated carbocycles. The fourth-order valence-corrected chi connectivity index (χ4v) is 6.02. The smallest absolute Gasteiger partial charge is 0.217 e. The van der Waals surface area contributed by atoms with Gasteiger partial charge in [0.2, 0.25) is 5.91 Å². The van der Waals surface area contributed by atoms with Crippen LogP contribution >= 0.6 is 0 Å². The number of ether oxygens (including phenoxy) is 6. The van der Waals surface area contributed by atoms with Crippen molar-refractivity contribution in [3.05, 3.63) is 0 Å². The molecule has 0 unspecified atom stereocenters. The van der Waals surface area contributed by atoms with E-state index >= 15 is 0 Å². The molecule has 4 aliphatic rings. The average molecular weight is 659 g/mol. The van der Waals surface area contributed by atoms with Crippen molar-refractivity contribution >= 4 is 5.91 Å². The zero-order valence-corrected chi connectivity index (χ0v) is 24.4. The summed E-state index contributed by atoms with van der Waals surface area (Å²) >= 11 is 0. The lowest BCUT2D eigenvalue weighted by Crippen LogP contribution is -2.68. The molecule has 16 N–H and O–H groups in total. The van der Waals surface area contributed by atoms with Gasteiger partial charge in [-0.1, -0.05) is 0 Å². The molecule has 20 nitrogen and oxygen atoms in total. The molecule has 3 heterocycles. The first-order chi connectivity index (χ1) is 21.2. The number of aliphatic hydroxyl groups excluding tert-OH is 9. The zero-order valence-electron chi connectivity index (χ0n) is 24.4. The van der Waals surface area contributed by atoms with Crippen LogP contribution in [0.3, 0.4) is 0 Å². The van der Waals surface area contributed by atoms with Crippen LogP contribution in [0.25, 0.3) is 0 Å². The van der Waals surface area contributed by atoms with E-state index in [1.807, 2.05) is 0 Å². The first kappa shape index (κ1) is 36.6. The number of aliphatic hydroxyl groups is 9. The molecular weight excluding hydrogens is 612 g/mol. The molecule has 4 rings (SSSR count). The second-order valence-corrected chi connectivity index (χ2v) is 11.8. The van der Waals surface area contributed by atoms with Crippen molar-refractivity contribution in [3.8, 4) is 0 Å². The minimum Gasteiger partial charge on any atom is -0.394 e. The largest absolute Gasteiger partial charge is 0.394 e. The first-order valence-electron chi connectivity index (χ1n) is 14.6.